The molecule has 228 valence electrons. The molecule has 1 saturated heterocycles. The summed E-state index contributed by atoms with van der Waals surface area (Å²) in [5, 5.41) is 43.0. The van der Waals surface area contributed by atoms with E-state index in [9.17, 15) is 32.7 Å². The molecule has 2 unspecified atom stereocenters. The Balaban J connectivity index is 0.000000416. The fourth-order valence-electron chi connectivity index (χ4n) is 4.09. The quantitative estimate of drug-likeness (QED) is 0.269. The summed E-state index contributed by atoms with van der Waals surface area (Å²) >= 11 is 12.0. The molecule has 42 heavy (non-hydrogen) atoms. The van der Waals surface area contributed by atoms with Crippen molar-refractivity contribution in [2.24, 2.45) is 0 Å². The van der Waals surface area contributed by atoms with Crippen LogP contribution in [0.2, 0.25) is 10.0 Å². The molecular formula is C26H25Cl2F3N2O9. The summed E-state index contributed by atoms with van der Waals surface area (Å²) in [7, 11) is 1.98. The number of hydrogen-bond acceptors (Lipinski definition) is 9. The molecule has 3 aromatic rings. The molecule has 0 radical (unpaired) electrons. The van der Waals surface area contributed by atoms with E-state index in [1.165, 1.54) is 30.3 Å². The maximum absolute atomic E-state index is 14.0. The number of carboxylic acid groups (broad SMARTS) is 2. The van der Waals surface area contributed by atoms with Gasteiger partial charge in [-0.2, -0.15) is 13.2 Å². The average molecular weight is 637 g/mol. The third-order valence-corrected chi connectivity index (χ3v) is 6.93. The summed E-state index contributed by atoms with van der Waals surface area (Å²) in [6.07, 6.45) is -9.50. The van der Waals surface area contributed by atoms with Crippen LogP contribution in [0.25, 0.3) is 22.1 Å². The van der Waals surface area contributed by atoms with Crippen molar-refractivity contribution in [3.8, 4) is 16.9 Å². The Morgan fingerprint density at radius 3 is 2.07 bits per heavy atom. The topological polar surface area (TPSA) is 172 Å². The molecule has 0 amide bonds. The zero-order valence-electron chi connectivity index (χ0n) is 21.7. The molecule has 1 fully saturated rings. The third kappa shape index (κ3) is 7.51. The number of hydrogen-bond donors (Lipinski definition) is 5. The Labute approximate surface area is 245 Å². The van der Waals surface area contributed by atoms with Gasteiger partial charge in [0, 0.05) is 43.3 Å². The summed E-state index contributed by atoms with van der Waals surface area (Å²) in [5.74, 6) is -5.24. The van der Waals surface area contributed by atoms with Gasteiger partial charge >= 0.3 is 18.1 Å². The Morgan fingerprint density at radius 2 is 1.57 bits per heavy atom. The first kappa shape index (κ1) is 33.1. The number of aromatic hydroxyl groups is 1. The first-order chi connectivity index (χ1) is 19.5. The van der Waals surface area contributed by atoms with Crippen molar-refractivity contribution < 1.29 is 52.7 Å². The molecule has 5 N–H and O–H groups in total. The second-order valence-electron chi connectivity index (χ2n) is 9.34. The highest BCUT2D eigenvalue weighted by Crippen LogP contribution is 2.41. The van der Waals surface area contributed by atoms with E-state index in [1.54, 1.807) is 0 Å². The van der Waals surface area contributed by atoms with Crippen LogP contribution in [0.4, 0.5) is 13.2 Å². The normalized spacial score (nSPS) is 16.0. The van der Waals surface area contributed by atoms with Gasteiger partial charge < -0.3 is 34.8 Å². The number of aliphatic carboxylic acids is 2. The first-order valence-corrected chi connectivity index (χ1v) is 12.8. The van der Waals surface area contributed by atoms with Gasteiger partial charge in [0.05, 0.1) is 21.5 Å². The van der Waals surface area contributed by atoms with Gasteiger partial charge in [0.15, 0.2) is 12.2 Å². The van der Waals surface area contributed by atoms with Gasteiger partial charge in [-0.05, 0) is 31.3 Å². The largest absolute Gasteiger partial charge is 0.507 e. The van der Waals surface area contributed by atoms with E-state index < -0.39 is 47.1 Å². The first-order valence-electron chi connectivity index (χ1n) is 12.1. The summed E-state index contributed by atoms with van der Waals surface area (Å²) in [6.45, 7) is 3.05. The Kier molecular flexibility index (Phi) is 10.5. The number of rotatable bonds is 6. The standard InChI is InChI=1S/C22H19Cl2F3N2O3.C4H6O6/c1-28-6-8-29(9-7-28)11-15-17(30)5-4-14-19(31)18(13-3-2-12(23)10-16(13)24)21(22(25,26)27)32-20(14)15;5-1(3(7)8)2(6)4(9)10/h2-5,10,30H,6-9,11H2,1H3;1-2,5-6H,(H,7,8)(H,9,10). The van der Waals surface area contributed by atoms with Crippen LogP contribution < -0.4 is 5.43 Å². The van der Waals surface area contributed by atoms with Crippen molar-refractivity contribution >= 4 is 46.1 Å². The number of aliphatic hydroxyl groups excluding tert-OH is 2. The number of phenolic OH excluding ortho intramolecular Hbond substituents is 1. The molecule has 2 atom stereocenters. The lowest BCUT2D eigenvalue weighted by Crippen LogP contribution is -2.43. The van der Waals surface area contributed by atoms with E-state index in [1.807, 2.05) is 11.9 Å². The van der Waals surface area contributed by atoms with Gasteiger partial charge in [0.2, 0.25) is 11.2 Å². The van der Waals surface area contributed by atoms with Crippen molar-refractivity contribution in [1.82, 2.24) is 9.80 Å². The molecule has 2 heterocycles. The number of carbonyl (C=O) groups is 2. The number of fused-ring (bicyclic) bond motifs is 1. The lowest BCUT2D eigenvalue weighted by atomic mass is 10.00. The molecule has 16 heteroatoms. The van der Waals surface area contributed by atoms with E-state index in [-0.39, 0.29) is 44.4 Å². The van der Waals surface area contributed by atoms with Gasteiger partial charge in [-0.1, -0.05) is 29.3 Å². The molecule has 1 aliphatic heterocycles. The number of aliphatic hydroxyl groups is 2. The molecule has 11 nitrogen and oxygen atoms in total. The Hall–Kier alpha value is -3.40. The van der Waals surface area contributed by atoms with E-state index in [4.69, 9.17) is 48.0 Å². The number of alkyl halides is 3. The van der Waals surface area contributed by atoms with Crippen molar-refractivity contribution in [3.05, 3.63) is 61.9 Å². The van der Waals surface area contributed by atoms with E-state index >= 15 is 0 Å². The van der Waals surface area contributed by atoms with Crippen LogP contribution in [0, 0.1) is 0 Å². The molecule has 0 spiro atoms. The second kappa shape index (κ2) is 13.3. The number of piperazine rings is 1. The summed E-state index contributed by atoms with van der Waals surface area (Å²) in [5.41, 5.74) is -1.85. The summed E-state index contributed by atoms with van der Waals surface area (Å²) in [6, 6.07) is 6.42. The fraction of sp³-hybridized carbons (Fsp3) is 0.346. The van der Waals surface area contributed by atoms with Crippen molar-refractivity contribution in [1.29, 1.82) is 0 Å². The minimum atomic E-state index is -4.97. The van der Waals surface area contributed by atoms with Gasteiger partial charge in [-0.3, -0.25) is 9.69 Å². The highest BCUT2D eigenvalue weighted by Gasteiger charge is 2.40. The minimum Gasteiger partial charge on any atom is -0.507 e. The van der Waals surface area contributed by atoms with Crippen LogP contribution in [-0.4, -0.2) is 92.7 Å². The fourth-order valence-corrected chi connectivity index (χ4v) is 4.60. The predicted octanol–water partition coefficient (Wildman–Crippen LogP) is 3.12. The van der Waals surface area contributed by atoms with Crippen LogP contribution in [-0.2, 0) is 22.3 Å². The highest BCUT2D eigenvalue weighted by atomic mass is 35.5. The molecule has 4 rings (SSSR count). The van der Waals surface area contributed by atoms with Gasteiger partial charge in [-0.25, -0.2) is 9.59 Å². The number of phenols is 1. The van der Waals surface area contributed by atoms with Gasteiger partial charge in [0.1, 0.15) is 11.3 Å². The highest BCUT2D eigenvalue weighted by molar-refractivity contribution is 6.36. The Morgan fingerprint density at radius 1 is 1.00 bits per heavy atom. The summed E-state index contributed by atoms with van der Waals surface area (Å²) < 4.78 is 47.4. The van der Waals surface area contributed by atoms with Crippen molar-refractivity contribution in [3.63, 3.8) is 0 Å². The molecule has 0 aliphatic carbocycles. The number of carboxylic acids is 2. The maximum Gasteiger partial charge on any atom is 0.450 e. The molecule has 1 aliphatic rings. The third-order valence-electron chi connectivity index (χ3n) is 6.38. The molecule has 0 saturated carbocycles. The van der Waals surface area contributed by atoms with Crippen LogP contribution in [0.5, 0.6) is 5.75 Å². The van der Waals surface area contributed by atoms with E-state index in [0.29, 0.717) is 13.1 Å². The zero-order chi connectivity index (χ0) is 31.5. The van der Waals surface area contributed by atoms with Crippen molar-refractivity contribution in [2.45, 2.75) is 24.9 Å². The number of benzene rings is 2. The zero-order valence-corrected chi connectivity index (χ0v) is 23.2. The smallest absolute Gasteiger partial charge is 0.450 e. The van der Waals surface area contributed by atoms with Crippen molar-refractivity contribution in [2.75, 3.05) is 33.2 Å². The second-order valence-corrected chi connectivity index (χ2v) is 10.2. The summed E-state index contributed by atoms with van der Waals surface area (Å²) in [4.78, 5) is 36.9. The number of nitrogens with zero attached hydrogens (tertiary/aromatic N) is 2. The lowest BCUT2D eigenvalue weighted by Gasteiger charge is -2.32. The molecule has 1 aromatic heterocycles. The lowest BCUT2D eigenvalue weighted by molar-refractivity contribution is -0.165. The average Bonchev–Trinajstić information content (AvgIpc) is 2.90. The molecular weight excluding hydrogens is 612 g/mol. The number of likely N-dealkylation sites (N-methyl/N-ethyl adjacent to an activating group) is 1. The van der Waals surface area contributed by atoms with Gasteiger partial charge in [0.25, 0.3) is 0 Å². The Bertz CT molecular complexity index is 1520. The minimum absolute atomic E-state index is 0.0686. The monoisotopic (exact) mass is 636 g/mol. The molecule has 2 aromatic carbocycles. The van der Waals surface area contributed by atoms with Crippen LogP contribution in [0.1, 0.15) is 11.3 Å². The molecule has 0 bridgehead atoms. The van der Waals surface area contributed by atoms with Crippen LogP contribution in [0.3, 0.4) is 0 Å². The SMILES string of the molecule is CN1CCN(Cc2c(O)ccc3c(=O)c(-c4ccc(Cl)cc4Cl)c(C(F)(F)F)oc23)CC1.O=C(O)C(O)C(O)C(=O)O. The van der Waals surface area contributed by atoms with E-state index in [0.717, 1.165) is 13.1 Å². The van der Waals surface area contributed by atoms with Crippen LogP contribution in [0.15, 0.2) is 39.5 Å². The number of halogens is 5. The van der Waals surface area contributed by atoms with Gasteiger partial charge in [-0.15, -0.1) is 0 Å². The van der Waals surface area contributed by atoms with E-state index in [2.05, 4.69) is 4.90 Å². The predicted molar refractivity (Wildman–Crippen MR) is 145 cm³/mol. The maximum atomic E-state index is 14.0. The van der Waals surface area contributed by atoms with Crippen LogP contribution >= 0.6 is 23.2 Å².